The summed E-state index contributed by atoms with van der Waals surface area (Å²) in [7, 11) is 2.13. The van der Waals surface area contributed by atoms with Crippen molar-refractivity contribution in [2.45, 2.75) is 26.2 Å². The molecule has 0 radical (unpaired) electrons. The van der Waals surface area contributed by atoms with E-state index in [2.05, 4.69) is 41.3 Å². The maximum Gasteiger partial charge on any atom is 0.313 e. The van der Waals surface area contributed by atoms with Crippen LogP contribution in [-0.4, -0.2) is 67.9 Å². The van der Waals surface area contributed by atoms with E-state index in [-0.39, 0.29) is 0 Å². The normalized spacial score (nSPS) is 16.0. The van der Waals surface area contributed by atoms with Crippen LogP contribution in [0.2, 0.25) is 0 Å². The minimum atomic E-state index is -0.611. The molecule has 6 nitrogen and oxygen atoms in total. The highest BCUT2D eigenvalue weighted by atomic mass is 16.2. The highest BCUT2D eigenvalue weighted by Gasteiger charge is 2.15. The third kappa shape index (κ3) is 6.48. The van der Waals surface area contributed by atoms with Crippen LogP contribution in [0.5, 0.6) is 0 Å². The topological polar surface area (TPSA) is 64.7 Å². The van der Waals surface area contributed by atoms with E-state index in [1.54, 1.807) is 6.07 Å². The number of likely N-dealkylation sites (N-methyl/N-ethyl adjacent to an activating group) is 1. The summed E-state index contributed by atoms with van der Waals surface area (Å²) in [6.45, 7) is 9.96. The third-order valence-corrected chi connectivity index (χ3v) is 4.55. The molecular weight excluding hydrogens is 316 g/mol. The number of nitrogens with one attached hydrogen (secondary N) is 2. The van der Waals surface area contributed by atoms with Gasteiger partial charge in [0.1, 0.15) is 0 Å². The molecule has 1 heterocycles. The van der Waals surface area contributed by atoms with Crippen LogP contribution in [0, 0.1) is 0 Å². The van der Waals surface area contributed by atoms with Gasteiger partial charge in [-0.05, 0) is 43.6 Å². The Morgan fingerprint density at radius 2 is 1.84 bits per heavy atom. The highest BCUT2D eigenvalue weighted by Crippen LogP contribution is 2.18. The zero-order chi connectivity index (χ0) is 18.2. The molecule has 0 spiro atoms. The first-order valence-corrected chi connectivity index (χ1v) is 9.05. The lowest BCUT2D eigenvalue weighted by molar-refractivity contribution is -0.136. The number of benzene rings is 1. The Bertz CT molecular complexity index is 581. The van der Waals surface area contributed by atoms with Gasteiger partial charge in [-0.1, -0.05) is 26.0 Å². The van der Waals surface area contributed by atoms with Crippen LogP contribution in [0.1, 0.15) is 31.7 Å². The number of piperazine rings is 1. The van der Waals surface area contributed by atoms with Gasteiger partial charge in [0, 0.05) is 38.4 Å². The van der Waals surface area contributed by atoms with E-state index in [1.165, 1.54) is 0 Å². The summed E-state index contributed by atoms with van der Waals surface area (Å²) in [5, 5.41) is 5.37. The molecule has 0 unspecified atom stereocenters. The molecule has 2 rings (SSSR count). The van der Waals surface area contributed by atoms with Crippen LogP contribution in [-0.2, 0) is 9.59 Å². The van der Waals surface area contributed by atoms with Crippen molar-refractivity contribution in [3.05, 3.63) is 29.8 Å². The van der Waals surface area contributed by atoms with Crippen molar-refractivity contribution in [2.75, 3.05) is 51.6 Å². The molecule has 0 atom stereocenters. The number of carbonyl (C=O) groups is 2. The van der Waals surface area contributed by atoms with Crippen LogP contribution >= 0.6 is 0 Å². The molecule has 0 aromatic heterocycles. The lowest BCUT2D eigenvalue weighted by Gasteiger charge is -2.32. The second-order valence-electron chi connectivity index (χ2n) is 6.99. The smallest absolute Gasteiger partial charge is 0.313 e. The quantitative estimate of drug-likeness (QED) is 0.605. The van der Waals surface area contributed by atoms with Gasteiger partial charge in [0.15, 0.2) is 0 Å². The van der Waals surface area contributed by atoms with Crippen LogP contribution < -0.4 is 10.6 Å². The molecule has 138 valence electrons. The van der Waals surface area contributed by atoms with Gasteiger partial charge in [-0.2, -0.15) is 0 Å². The number of hydrogen-bond acceptors (Lipinski definition) is 4. The highest BCUT2D eigenvalue weighted by molar-refractivity contribution is 6.39. The SMILES string of the molecule is CC(C)c1cccc(NC(=O)C(=O)NCCCN2CCN(C)CC2)c1. The van der Waals surface area contributed by atoms with Crippen molar-refractivity contribution in [3.63, 3.8) is 0 Å². The third-order valence-electron chi connectivity index (χ3n) is 4.55. The van der Waals surface area contributed by atoms with Crippen molar-refractivity contribution >= 4 is 17.5 Å². The molecule has 1 saturated heterocycles. The lowest BCUT2D eigenvalue weighted by atomic mass is 10.0. The molecule has 1 fully saturated rings. The van der Waals surface area contributed by atoms with Gasteiger partial charge in [-0.25, -0.2) is 0 Å². The van der Waals surface area contributed by atoms with Gasteiger partial charge in [-0.3, -0.25) is 9.59 Å². The van der Waals surface area contributed by atoms with E-state index in [0.29, 0.717) is 18.2 Å². The Kier molecular flexibility index (Phi) is 7.40. The molecule has 2 N–H and O–H groups in total. The Labute approximate surface area is 150 Å². The first-order chi connectivity index (χ1) is 12.0. The Hall–Kier alpha value is -1.92. The van der Waals surface area contributed by atoms with Crippen molar-refractivity contribution in [3.8, 4) is 0 Å². The lowest BCUT2D eigenvalue weighted by Crippen LogP contribution is -2.45. The predicted octanol–water partition coefficient (Wildman–Crippen LogP) is 1.50. The second kappa shape index (κ2) is 9.53. The molecule has 6 heteroatoms. The minimum absolute atomic E-state index is 0.375. The van der Waals surface area contributed by atoms with Crippen LogP contribution in [0.25, 0.3) is 0 Å². The molecular formula is C19H30N4O2. The Morgan fingerprint density at radius 3 is 2.52 bits per heavy atom. The van der Waals surface area contributed by atoms with Gasteiger partial charge in [0.2, 0.25) is 0 Å². The summed E-state index contributed by atoms with van der Waals surface area (Å²) in [4.78, 5) is 28.6. The first kappa shape index (κ1) is 19.4. The molecule has 1 aromatic carbocycles. The monoisotopic (exact) mass is 346 g/mol. The van der Waals surface area contributed by atoms with Gasteiger partial charge in [0.25, 0.3) is 0 Å². The van der Waals surface area contributed by atoms with Gasteiger partial charge < -0.3 is 20.4 Å². The van der Waals surface area contributed by atoms with Crippen molar-refractivity contribution in [2.24, 2.45) is 0 Å². The van der Waals surface area contributed by atoms with Crippen molar-refractivity contribution < 1.29 is 9.59 Å². The van der Waals surface area contributed by atoms with E-state index in [1.807, 2.05) is 18.2 Å². The van der Waals surface area contributed by atoms with Crippen molar-refractivity contribution in [1.29, 1.82) is 0 Å². The second-order valence-corrected chi connectivity index (χ2v) is 6.99. The number of anilines is 1. The summed E-state index contributed by atoms with van der Waals surface area (Å²) >= 11 is 0. The van der Waals surface area contributed by atoms with E-state index in [9.17, 15) is 9.59 Å². The summed E-state index contributed by atoms with van der Waals surface area (Å²) in [5.41, 5.74) is 1.79. The van der Waals surface area contributed by atoms with Gasteiger partial charge in [0.05, 0.1) is 0 Å². The molecule has 1 aromatic rings. The number of amides is 2. The molecule has 0 aliphatic carbocycles. The molecule has 1 aliphatic rings. The standard InChI is InChI=1S/C19H30N4O2/c1-15(2)16-6-4-7-17(14-16)21-19(25)18(24)20-8-5-9-23-12-10-22(3)11-13-23/h4,6-7,14-15H,5,8-13H2,1-3H3,(H,20,24)(H,21,25). The largest absolute Gasteiger partial charge is 0.348 e. The molecule has 25 heavy (non-hydrogen) atoms. The maximum atomic E-state index is 12.0. The number of nitrogens with zero attached hydrogens (tertiary/aromatic N) is 2. The van der Waals surface area contributed by atoms with E-state index in [4.69, 9.17) is 0 Å². The zero-order valence-corrected chi connectivity index (χ0v) is 15.5. The van der Waals surface area contributed by atoms with E-state index >= 15 is 0 Å². The van der Waals surface area contributed by atoms with E-state index < -0.39 is 11.8 Å². The van der Waals surface area contributed by atoms with Gasteiger partial charge >= 0.3 is 11.8 Å². The Balaban J connectivity index is 1.68. The zero-order valence-electron chi connectivity index (χ0n) is 15.5. The average molecular weight is 346 g/mol. The van der Waals surface area contributed by atoms with Gasteiger partial charge in [-0.15, -0.1) is 0 Å². The van der Waals surface area contributed by atoms with Crippen molar-refractivity contribution in [1.82, 2.24) is 15.1 Å². The maximum absolute atomic E-state index is 12.0. The number of carbonyl (C=O) groups excluding carboxylic acids is 2. The number of rotatable bonds is 6. The fraction of sp³-hybridized carbons (Fsp3) is 0.579. The molecule has 0 bridgehead atoms. The average Bonchev–Trinajstić information content (AvgIpc) is 2.60. The number of hydrogen-bond donors (Lipinski definition) is 2. The van der Waals surface area contributed by atoms with E-state index in [0.717, 1.165) is 44.7 Å². The Morgan fingerprint density at radius 1 is 1.12 bits per heavy atom. The summed E-state index contributed by atoms with van der Waals surface area (Å²) < 4.78 is 0. The summed E-state index contributed by atoms with van der Waals surface area (Å²) in [5.74, 6) is -0.811. The molecule has 0 saturated carbocycles. The minimum Gasteiger partial charge on any atom is -0.348 e. The summed E-state index contributed by atoms with van der Waals surface area (Å²) in [6, 6.07) is 7.60. The summed E-state index contributed by atoms with van der Waals surface area (Å²) in [6.07, 6.45) is 0.853. The molecule has 2 amide bonds. The van der Waals surface area contributed by atoms with Crippen LogP contribution in [0.3, 0.4) is 0 Å². The fourth-order valence-corrected chi connectivity index (χ4v) is 2.82. The van der Waals surface area contributed by atoms with Crippen LogP contribution in [0.15, 0.2) is 24.3 Å². The van der Waals surface area contributed by atoms with Crippen LogP contribution in [0.4, 0.5) is 5.69 Å². The molecule has 1 aliphatic heterocycles. The predicted molar refractivity (Wildman–Crippen MR) is 101 cm³/mol. The fourth-order valence-electron chi connectivity index (χ4n) is 2.82. The first-order valence-electron chi connectivity index (χ1n) is 9.05.